The number of phosphoric ester groups is 1. The molecule has 0 radical (unpaired) electrons. The Bertz CT molecular complexity index is 304. The van der Waals surface area contributed by atoms with Crippen molar-refractivity contribution in [3.63, 3.8) is 0 Å². The van der Waals surface area contributed by atoms with E-state index < -0.39 is 37.5 Å². The average Bonchev–Trinajstić information content (AvgIpc) is 2.22. The molecule has 11 heteroatoms. The molecule has 0 heterocycles. The van der Waals surface area contributed by atoms with Gasteiger partial charge in [0.25, 0.3) is 0 Å². The lowest BCUT2D eigenvalue weighted by Crippen LogP contribution is -2.47. The highest BCUT2D eigenvalue weighted by Crippen LogP contribution is 2.36. The summed E-state index contributed by atoms with van der Waals surface area (Å²) in [6, 6.07) is 0. The summed E-state index contributed by atoms with van der Waals surface area (Å²) in [5, 5.41) is 36.7. The summed E-state index contributed by atoms with van der Waals surface area (Å²) in [5.74, 6) is -1.81. The van der Waals surface area contributed by atoms with Crippen molar-refractivity contribution in [3.8, 4) is 0 Å². The maximum atomic E-state index is 10.9. The average molecular weight is 292 g/mol. The van der Waals surface area contributed by atoms with Crippen LogP contribution in [0.5, 0.6) is 0 Å². The first-order chi connectivity index (χ1) is 7.60. The molecule has 6 N–H and O–H groups in total. The Balaban J connectivity index is 4.54. The standard InChI is InChI=1S/C6H13O9PS/c1-17-6(11)4(9)2(7)3(8)5(10)15-16(12,13)14/h2-4,6-9,11H,1H3,(H2,12,13,14)/t2-,3+,4-,6?/m0/s1. The lowest BCUT2D eigenvalue weighted by molar-refractivity contribution is -0.158. The molecule has 0 saturated heterocycles. The molecule has 0 rings (SSSR count). The normalized spacial score (nSPS) is 19.2. The van der Waals surface area contributed by atoms with Crippen molar-refractivity contribution in [2.75, 3.05) is 6.26 Å². The topological polar surface area (TPSA) is 165 Å². The summed E-state index contributed by atoms with van der Waals surface area (Å²) in [4.78, 5) is 27.4. The third kappa shape index (κ3) is 5.80. The van der Waals surface area contributed by atoms with Gasteiger partial charge in [0, 0.05) is 0 Å². The fourth-order valence-electron chi connectivity index (χ4n) is 0.806. The van der Waals surface area contributed by atoms with Gasteiger partial charge in [-0.05, 0) is 6.26 Å². The molecule has 4 atom stereocenters. The molecule has 0 aliphatic rings. The van der Waals surface area contributed by atoms with Crippen molar-refractivity contribution in [1.29, 1.82) is 0 Å². The van der Waals surface area contributed by atoms with Gasteiger partial charge in [-0.3, -0.25) is 9.79 Å². The molecule has 0 aromatic carbocycles. The van der Waals surface area contributed by atoms with E-state index in [1.165, 1.54) is 6.26 Å². The van der Waals surface area contributed by atoms with Gasteiger partial charge in [0.15, 0.2) is 6.10 Å². The van der Waals surface area contributed by atoms with Crippen LogP contribution in [-0.2, 0) is 13.9 Å². The number of aliphatic hydroxyl groups excluding tert-OH is 4. The van der Waals surface area contributed by atoms with Crippen molar-refractivity contribution in [1.82, 2.24) is 0 Å². The van der Waals surface area contributed by atoms with E-state index in [1.54, 1.807) is 0 Å². The predicted octanol–water partition coefficient (Wildman–Crippen LogP) is -2.61. The first-order valence-corrected chi connectivity index (χ1v) is 6.96. The first kappa shape index (κ1) is 16.8. The molecular formula is C6H13O9PS. The van der Waals surface area contributed by atoms with Crippen molar-refractivity contribution >= 4 is 25.6 Å². The minimum atomic E-state index is -5.15. The minimum absolute atomic E-state index is 0.732. The van der Waals surface area contributed by atoms with Gasteiger partial charge in [-0.15, -0.1) is 11.8 Å². The number of rotatable bonds is 6. The van der Waals surface area contributed by atoms with Crippen LogP contribution in [0.4, 0.5) is 0 Å². The number of carbonyl (C=O) groups excluding carboxylic acids is 1. The first-order valence-electron chi connectivity index (χ1n) is 4.14. The second-order valence-corrected chi connectivity index (χ2v) is 5.07. The van der Waals surface area contributed by atoms with Gasteiger partial charge < -0.3 is 24.9 Å². The van der Waals surface area contributed by atoms with Crippen LogP contribution in [0.1, 0.15) is 0 Å². The van der Waals surface area contributed by atoms with E-state index in [4.69, 9.17) is 20.0 Å². The quantitative estimate of drug-likeness (QED) is 0.225. The van der Waals surface area contributed by atoms with Crippen LogP contribution in [0.15, 0.2) is 0 Å². The third-order valence-electron chi connectivity index (χ3n) is 1.66. The van der Waals surface area contributed by atoms with Crippen LogP contribution in [0.2, 0.25) is 0 Å². The summed E-state index contributed by atoms with van der Waals surface area (Å²) in [6.07, 6.45) is -5.03. The van der Waals surface area contributed by atoms with Crippen molar-refractivity contribution in [2.45, 2.75) is 23.7 Å². The van der Waals surface area contributed by atoms with Gasteiger partial charge in [-0.25, -0.2) is 9.36 Å². The molecule has 0 aliphatic heterocycles. The van der Waals surface area contributed by atoms with Crippen molar-refractivity contribution < 1.29 is 44.1 Å². The summed E-state index contributed by atoms with van der Waals surface area (Å²) >= 11 is 0.732. The Morgan fingerprint density at radius 1 is 1.18 bits per heavy atom. The van der Waals surface area contributed by atoms with E-state index in [-0.39, 0.29) is 0 Å². The largest absolute Gasteiger partial charge is 0.527 e. The Labute approximate surface area is 100 Å². The summed E-state index contributed by atoms with van der Waals surface area (Å²) in [6.45, 7) is 0. The van der Waals surface area contributed by atoms with Gasteiger partial charge in [0.2, 0.25) is 0 Å². The van der Waals surface area contributed by atoms with Crippen LogP contribution < -0.4 is 0 Å². The van der Waals surface area contributed by atoms with Gasteiger partial charge in [-0.1, -0.05) is 0 Å². The van der Waals surface area contributed by atoms with Crippen LogP contribution in [-0.4, -0.2) is 66.2 Å². The van der Waals surface area contributed by atoms with Crippen LogP contribution >= 0.6 is 19.6 Å². The number of thioether (sulfide) groups is 1. The minimum Gasteiger partial charge on any atom is -0.387 e. The van der Waals surface area contributed by atoms with Crippen molar-refractivity contribution in [3.05, 3.63) is 0 Å². The Hall–Kier alpha value is -0.190. The smallest absolute Gasteiger partial charge is 0.387 e. The molecule has 0 aromatic rings. The monoisotopic (exact) mass is 292 g/mol. The zero-order valence-electron chi connectivity index (χ0n) is 8.57. The molecule has 9 nitrogen and oxygen atoms in total. The van der Waals surface area contributed by atoms with Crippen LogP contribution in [0, 0.1) is 0 Å². The lowest BCUT2D eigenvalue weighted by Gasteiger charge is -2.24. The summed E-state index contributed by atoms with van der Waals surface area (Å²) in [5.41, 5.74) is -1.48. The van der Waals surface area contributed by atoms with E-state index in [9.17, 15) is 19.6 Å². The number of hydrogen-bond donors (Lipinski definition) is 6. The fraction of sp³-hybridized carbons (Fsp3) is 0.833. The number of hydrogen-bond acceptors (Lipinski definition) is 8. The molecule has 102 valence electrons. The maximum Gasteiger partial charge on any atom is 0.527 e. The second-order valence-electron chi connectivity index (χ2n) is 2.95. The van der Waals surface area contributed by atoms with Crippen molar-refractivity contribution in [2.24, 2.45) is 0 Å². The maximum absolute atomic E-state index is 10.9. The van der Waals surface area contributed by atoms with E-state index in [2.05, 4.69) is 4.52 Å². The Kier molecular flexibility index (Phi) is 6.59. The fourth-order valence-corrected chi connectivity index (χ4v) is 1.59. The predicted molar refractivity (Wildman–Crippen MR) is 55.7 cm³/mol. The van der Waals surface area contributed by atoms with E-state index in [1.807, 2.05) is 0 Å². The molecule has 0 aliphatic carbocycles. The highest BCUT2D eigenvalue weighted by Gasteiger charge is 2.37. The zero-order valence-corrected chi connectivity index (χ0v) is 10.3. The highest BCUT2D eigenvalue weighted by molar-refractivity contribution is 7.99. The molecular weight excluding hydrogens is 279 g/mol. The van der Waals surface area contributed by atoms with Gasteiger partial charge in [0.05, 0.1) is 0 Å². The van der Waals surface area contributed by atoms with Crippen LogP contribution in [0.3, 0.4) is 0 Å². The van der Waals surface area contributed by atoms with E-state index in [0.29, 0.717) is 0 Å². The molecule has 0 fully saturated rings. The molecule has 0 aromatic heterocycles. The molecule has 0 saturated carbocycles. The zero-order chi connectivity index (χ0) is 13.8. The molecule has 0 spiro atoms. The number of aliphatic hydroxyl groups is 4. The molecule has 0 bridgehead atoms. The Morgan fingerprint density at radius 2 is 1.65 bits per heavy atom. The summed E-state index contributed by atoms with van der Waals surface area (Å²) in [7, 11) is -5.15. The second kappa shape index (κ2) is 6.66. The Morgan fingerprint density at radius 3 is 2.00 bits per heavy atom. The van der Waals surface area contributed by atoms with Gasteiger partial charge >= 0.3 is 13.8 Å². The van der Waals surface area contributed by atoms with Gasteiger partial charge in [-0.2, -0.15) is 0 Å². The van der Waals surface area contributed by atoms with Gasteiger partial charge in [0.1, 0.15) is 17.6 Å². The third-order valence-corrected chi connectivity index (χ3v) is 2.84. The molecule has 0 amide bonds. The number of phosphoric acid groups is 1. The van der Waals surface area contributed by atoms with E-state index >= 15 is 0 Å². The summed E-state index contributed by atoms with van der Waals surface area (Å²) < 4.78 is 13.8. The number of carbonyl (C=O) groups is 1. The highest BCUT2D eigenvalue weighted by atomic mass is 32.2. The lowest BCUT2D eigenvalue weighted by atomic mass is 10.1. The molecule has 1 unspecified atom stereocenters. The molecule has 17 heavy (non-hydrogen) atoms. The van der Waals surface area contributed by atoms with Crippen LogP contribution in [0.25, 0.3) is 0 Å². The SMILES string of the molecule is CSC(O)[C@@H](O)[C@@H](O)[C@@H](O)C(=O)OP(=O)(O)O. The van der Waals surface area contributed by atoms with E-state index in [0.717, 1.165) is 11.8 Å².